The number of hydrogen-bond donors (Lipinski definition) is 1. The molecule has 0 saturated carbocycles. The van der Waals surface area contributed by atoms with Crippen LogP contribution < -0.4 is 9.46 Å². The average Bonchev–Trinajstić information content (AvgIpc) is 3.22. The van der Waals surface area contributed by atoms with E-state index in [0.717, 1.165) is 18.2 Å². The fourth-order valence-electron chi connectivity index (χ4n) is 3.56. The van der Waals surface area contributed by atoms with E-state index in [9.17, 15) is 17.6 Å². The van der Waals surface area contributed by atoms with E-state index in [1.165, 1.54) is 43.1 Å². The quantitative estimate of drug-likeness (QED) is 0.382. The van der Waals surface area contributed by atoms with Crippen LogP contribution in [0.2, 0.25) is 5.02 Å². The van der Waals surface area contributed by atoms with Gasteiger partial charge >= 0.3 is 0 Å². The van der Waals surface area contributed by atoms with E-state index in [-0.39, 0.29) is 27.9 Å². The van der Waals surface area contributed by atoms with E-state index < -0.39 is 37.8 Å². The van der Waals surface area contributed by atoms with Crippen LogP contribution in [0.15, 0.2) is 47.8 Å². The molecule has 1 aromatic carbocycles. The summed E-state index contributed by atoms with van der Waals surface area (Å²) in [6.07, 6.45) is 2.58. The molecule has 0 aliphatic heterocycles. The first-order valence-corrected chi connectivity index (χ1v) is 11.6. The van der Waals surface area contributed by atoms with Crippen LogP contribution in [-0.2, 0) is 10.0 Å². The predicted molar refractivity (Wildman–Crippen MR) is 122 cm³/mol. The van der Waals surface area contributed by atoms with Gasteiger partial charge < -0.3 is 9.14 Å². The van der Waals surface area contributed by atoms with E-state index in [2.05, 4.69) is 14.7 Å². The minimum Gasteiger partial charge on any atom is -0.480 e. The summed E-state index contributed by atoms with van der Waals surface area (Å²) in [6, 6.07) is 5.98. The molecule has 176 valence electrons. The minimum atomic E-state index is -4.40. The van der Waals surface area contributed by atoms with E-state index in [0.29, 0.717) is 11.2 Å². The largest absolute Gasteiger partial charge is 0.480 e. The molecule has 4 aromatic rings. The van der Waals surface area contributed by atoms with Gasteiger partial charge in [0.05, 0.1) is 28.9 Å². The summed E-state index contributed by atoms with van der Waals surface area (Å²) in [5.41, 5.74) is 0.309. The maximum atomic E-state index is 15.5. The zero-order valence-corrected chi connectivity index (χ0v) is 19.6. The second-order valence-electron chi connectivity index (χ2n) is 7.29. The summed E-state index contributed by atoms with van der Waals surface area (Å²) in [6.45, 7) is 2.97. The first-order chi connectivity index (χ1) is 16.0. The van der Waals surface area contributed by atoms with Crippen molar-refractivity contribution in [2.24, 2.45) is 0 Å². The maximum absolute atomic E-state index is 15.5. The van der Waals surface area contributed by atoms with Gasteiger partial charge in [0.2, 0.25) is 5.88 Å². The molecule has 0 aliphatic rings. The lowest BCUT2D eigenvalue weighted by molar-refractivity contribution is 0.101. The highest BCUT2D eigenvalue weighted by molar-refractivity contribution is 7.92. The molecule has 0 bridgehead atoms. The van der Waals surface area contributed by atoms with Gasteiger partial charge in [-0.3, -0.25) is 9.52 Å². The number of rotatable bonds is 6. The molecule has 0 radical (unpaired) electrons. The van der Waals surface area contributed by atoms with Crippen LogP contribution in [0.25, 0.3) is 16.6 Å². The van der Waals surface area contributed by atoms with Crippen molar-refractivity contribution in [1.29, 1.82) is 0 Å². The van der Waals surface area contributed by atoms with Gasteiger partial charge in [0.15, 0.2) is 16.5 Å². The Balaban J connectivity index is 1.83. The normalized spacial score (nSPS) is 11.6. The van der Waals surface area contributed by atoms with Gasteiger partial charge in [0.25, 0.3) is 10.0 Å². The first kappa shape index (κ1) is 23.6. The zero-order valence-electron chi connectivity index (χ0n) is 18.1. The van der Waals surface area contributed by atoms with Crippen LogP contribution in [0, 0.1) is 18.6 Å². The molecule has 12 heteroatoms. The monoisotopic (exact) mass is 506 g/mol. The standard InChI is InChI=1S/C22H17ClF2N4O4S/c1-11-14(4-7-17-21(12(2)30)27-10-29(11)17)19-15(24)5-6-16(20(19)25)28-34(31,32)18-8-13(23)9-26-22(18)33-3/h4-10,28H,1-3H3. The summed E-state index contributed by atoms with van der Waals surface area (Å²) < 4.78 is 64.8. The fraction of sp³-hybridized carbons (Fsp3) is 0.136. The molecule has 0 atom stereocenters. The number of nitrogens with one attached hydrogen (secondary N) is 1. The summed E-state index contributed by atoms with van der Waals surface area (Å²) in [5, 5.41) is 0.0237. The van der Waals surface area contributed by atoms with Crippen LogP contribution in [0.5, 0.6) is 5.88 Å². The molecule has 3 heterocycles. The number of aryl methyl sites for hydroxylation is 1. The number of pyridine rings is 2. The maximum Gasteiger partial charge on any atom is 0.267 e. The Bertz CT molecular complexity index is 1570. The minimum absolute atomic E-state index is 0.0237. The lowest BCUT2D eigenvalue weighted by Crippen LogP contribution is -2.16. The van der Waals surface area contributed by atoms with Crippen molar-refractivity contribution >= 4 is 38.6 Å². The van der Waals surface area contributed by atoms with Gasteiger partial charge in [0.1, 0.15) is 17.8 Å². The lowest BCUT2D eigenvalue weighted by Gasteiger charge is -2.15. The summed E-state index contributed by atoms with van der Waals surface area (Å²) in [7, 11) is -3.18. The van der Waals surface area contributed by atoms with Crippen molar-refractivity contribution in [3.05, 3.63) is 70.9 Å². The second-order valence-corrected chi connectivity index (χ2v) is 9.37. The number of halogens is 3. The third kappa shape index (κ3) is 3.97. The number of benzene rings is 1. The molecular weight excluding hydrogens is 490 g/mol. The van der Waals surface area contributed by atoms with E-state index in [4.69, 9.17) is 16.3 Å². The summed E-state index contributed by atoms with van der Waals surface area (Å²) in [5.74, 6) is -2.54. The molecule has 0 amide bonds. The molecule has 34 heavy (non-hydrogen) atoms. The molecule has 8 nitrogen and oxygen atoms in total. The van der Waals surface area contributed by atoms with Crippen molar-refractivity contribution < 1.29 is 26.7 Å². The Labute approximate surface area is 198 Å². The molecule has 0 spiro atoms. The number of Topliss-reactive ketones (excluding diaryl/α,β-unsaturated/α-hetero) is 1. The Kier molecular flexibility index (Phi) is 6.00. The van der Waals surface area contributed by atoms with Gasteiger partial charge in [-0.1, -0.05) is 17.7 Å². The van der Waals surface area contributed by atoms with Gasteiger partial charge in [-0.25, -0.2) is 27.2 Å². The van der Waals surface area contributed by atoms with Crippen molar-refractivity contribution in [1.82, 2.24) is 14.4 Å². The number of imidazole rings is 1. The smallest absolute Gasteiger partial charge is 0.267 e. The number of carbonyl (C=O) groups is 1. The Morgan fingerprint density at radius 1 is 1.18 bits per heavy atom. The van der Waals surface area contributed by atoms with Crippen LogP contribution in [0.4, 0.5) is 14.5 Å². The highest BCUT2D eigenvalue weighted by Crippen LogP contribution is 2.35. The number of methoxy groups -OCH3 is 1. The Morgan fingerprint density at radius 3 is 2.59 bits per heavy atom. The molecule has 3 aromatic heterocycles. The first-order valence-electron chi connectivity index (χ1n) is 9.73. The number of ketones is 1. The highest BCUT2D eigenvalue weighted by Gasteiger charge is 2.26. The Hall–Kier alpha value is -3.57. The van der Waals surface area contributed by atoms with Crippen molar-refractivity contribution in [2.75, 3.05) is 11.8 Å². The molecule has 1 N–H and O–H groups in total. The van der Waals surface area contributed by atoms with Gasteiger partial charge in [-0.05, 0) is 31.2 Å². The van der Waals surface area contributed by atoms with Crippen LogP contribution in [-0.4, -0.2) is 35.7 Å². The number of nitrogens with zero attached hydrogens (tertiary/aromatic N) is 3. The van der Waals surface area contributed by atoms with Crippen LogP contribution >= 0.6 is 11.6 Å². The van der Waals surface area contributed by atoms with Crippen LogP contribution in [0.1, 0.15) is 23.1 Å². The topological polar surface area (TPSA) is 103 Å². The summed E-state index contributed by atoms with van der Waals surface area (Å²) in [4.78, 5) is 19.2. The second kappa shape index (κ2) is 8.65. The third-order valence-corrected chi connectivity index (χ3v) is 6.74. The molecule has 0 unspecified atom stereocenters. The third-order valence-electron chi connectivity index (χ3n) is 5.17. The summed E-state index contributed by atoms with van der Waals surface area (Å²) >= 11 is 5.86. The molecule has 4 rings (SSSR count). The van der Waals surface area contributed by atoms with Gasteiger partial charge in [0, 0.05) is 24.4 Å². The highest BCUT2D eigenvalue weighted by atomic mass is 35.5. The molecule has 0 saturated heterocycles. The predicted octanol–water partition coefficient (Wildman–Crippen LogP) is 4.65. The number of sulfonamides is 1. The number of hydrogen-bond acceptors (Lipinski definition) is 6. The lowest BCUT2D eigenvalue weighted by atomic mass is 10.0. The van der Waals surface area contributed by atoms with E-state index >= 15 is 4.39 Å². The number of anilines is 1. The molecule has 0 fully saturated rings. The van der Waals surface area contributed by atoms with E-state index in [1.807, 2.05) is 0 Å². The zero-order chi connectivity index (χ0) is 24.8. The number of aromatic nitrogens is 3. The van der Waals surface area contributed by atoms with Crippen LogP contribution in [0.3, 0.4) is 0 Å². The van der Waals surface area contributed by atoms with E-state index in [1.54, 1.807) is 6.92 Å². The fourth-order valence-corrected chi connectivity index (χ4v) is 4.99. The molecular formula is C22H17ClF2N4O4S. The Morgan fingerprint density at radius 2 is 1.91 bits per heavy atom. The SMILES string of the molecule is COc1ncc(Cl)cc1S(=O)(=O)Nc1ccc(F)c(-c2ccc3c(C(C)=O)ncn3c2C)c1F. The van der Waals surface area contributed by atoms with Crippen molar-refractivity contribution in [3.63, 3.8) is 0 Å². The van der Waals surface area contributed by atoms with Crippen molar-refractivity contribution in [3.8, 4) is 17.0 Å². The average molecular weight is 507 g/mol. The van der Waals surface area contributed by atoms with Gasteiger partial charge in [-0.2, -0.15) is 0 Å². The van der Waals surface area contributed by atoms with Crippen molar-refractivity contribution in [2.45, 2.75) is 18.7 Å². The van der Waals surface area contributed by atoms with Gasteiger partial charge in [-0.15, -0.1) is 0 Å². The number of carbonyl (C=O) groups excluding carboxylic acids is 1. The molecule has 0 aliphatic carbocycles. The number of fused-ring (bicyclic) bond motifs is 1. The number of ether oxygens (including phenoxy) is 1.